The van der Waals surface area contributed by atoms with Gasteiger partial charge in [0.2, 0.25) is 15.9 Å². The number of benzene rings is 1. The van der Waals surface area contributed by atoms with Crippen LogP contribution in [0.4, 0.5) is 0 Å². The van der Waals surface area contributed by atoms with Crippen molar-refractivity contribution in [3.63, 3.8) is 0 Å². The molecule has 1 aromatic carbocycles. The molecule has 0 unspecified atom stereocenters. The number of carboxylic acids is 1. The Hall–Kier alpha value is -1.93. The monoisotopic (exact) mass is 408 g/mol. The number of hydrogen-bond donors (Lipinski definition) is 1. The maximum atomic E-state index is 13.0. The van der Waals surface area contributed by atoms with Gasteiger partial charge in [0, 0.05) is 26.2 Å². The van der Waals surface area contributed by atoms with Gasteiger partial charge in [-0.2, -0.15) is 4.31 Å². The molecule has 2 aliphatic rings. The van der Waals surface area contributed by atoms with Gasteiger partial charge in [-0.25, -0.2) is 8.42 Å². The van der Waals surface area contributed by atoms with Gasteiger partial charge in [0.25, 0.3) is 0 Å². The number of hydrogen-bond acceptors (Lipinski definition) is 4. The highest BCUT2D eigenvalue weighted by molar-refractivity contribution is 7.89. The molecule has 28 heavy (non-hydrogen) atoms. The van der Waals surface area contributed by atoms with Gasteiger partial charge >= 0.3 is 5.97 Å². The highest BCUT2D eigenvalue weighted by Gasteiger charge is 2.39. The van der Waals surface area contributed by atoms with Crippen LogP contribution in [0.2, 0.25) is 0 Å². The largest absolute Gasteiger partial charge is 0.481 e. The van der Waals surface area contributed by atoms with Crippen LogP contribution in [0.1, 0.15) is 36.8 Å². The fourth-order valence-corrected chi connectivity index (χ4v) is 5.96. The summed E-state index contributed by atoms with van der Waals surface area (Å²) in [6.07, 6.45) is 2.83. The predicted molar refractivity (Wildman–Crippen MR) is 104 cm³/mol. The summed E-state index contributed by atoms with van der Waals surface area (Å²) in [6, 6.07) is 5.37. The summed E-state index contributed by atoms with van der Waals surface area (Å²) < 4.78 is 27.5. The van der Waals surface area contributed by atoms with E-state index >= 15 is 0 Å². The number of piperazine rings is 1. The molecule has 8 heteroatoms. The zero-order valence-electron chi connectivity index (χ0n) is 16.4. The molecule has 0 aromatic heterocycles. The summed E-state index contributed by atoms with van der Waals surface area (Å²) in [6.45, 7) is 4.69. The summed E-state index contributed by atoms with van der Waals surface area (Å²) in [5.41, 5.74) is 1.59. The maximum absolute atomic E-state index is 13.0. The quantitative estimate of drug-likeness (QED) is 0.823. The first-order chi connectivity index (χ1) is 13.2. The minimum Gasteiger partial charge on any atom is -0.481 e. The number of amides is 1. The van der Waals surface area contributed by atoms with Crippen LogP contribution in [0.5, 0.6) is 0 Å². The zero-order valence-corrected chi connectivity index (χ0v) is 17.2. The van der Waals surface area contributed by atoms with E-state index in [9.17, 15) is 23.1 Å². The van der Waals surface area contributed by atoms with Gasteiger partial charge in [-0.1, -0.05) is 25.0 Å². The second-order valence-corrected chi connectivity index (χ2v) is 9.74. The maximum Gasteiger partial charge on any atom is 0.307 e. The SMILES string of the molecule is Cc1ccc(C)c(S(=O)(=O)N2CCN(C(=O)[C@H]3CCCC[C@H]3C(=O)O)CC2)c1. The third-order valence-corrected chi connectivity index (χ3v) is 7.95. The van der Waals surface area contributed by atoms with Crippen LogP contribution in [-0.4, -0.2) is 60.8 Å². The van der Waals surface area contributed by atoms with E-state index < -0.39 is 27.8 Å². The Morgan fingerprint density at radius 2 is 1.61 bits per heavy atom. The molecule has 2 fully saturated rings. The first kappa shape index (κ1) is 20.8. The molecule has 1 aromatic rings. The Balaban J connectivity index is 1.69. The second-order valence-electron chi connectivity index (χ2n) is 7.83. The Bertz CT molecular complexity index is 859. The number of aryl methyl sites for hydroxylation is 2. The van der Waals surface area contributed by atoms with Crippen molar-refractivity contribution < 1.29 is 23.1 Å². The molecule has 1 N–H and O–H groups in total. The van der Waals surface area contributed by atoms with E-state index in [2.05, 4.69) is 0 Å². The topological polar surface area (TPSA) is 95.0 Å². The number of carbonyl (C=O) groups is 2. The highest BCUT2D eigenvalue weighted by Crippen LogP contribution is 2.32. The molecule has 154 valence electrons. The molecule has 3 rings (SSSR count). The number of carboxylic acid groups (broad SMARTS) is 1. The van der Waals surface area contributed by atoms with E-state index in [1.54, 1.807) is 24.0 Å². The van der Waals surface area contributed by atoms with Crippen LogP contribution < -0.4 is 0 Å². The number of rotatable bonds is 4. The van der Waals surface area contributed by atoms with Crippen molar-refractivity contribution in [2.75, 3.05) is 26.2 Å². The molecule has 1 saturated carbocycles. The van der Waals surface area contributed by atoms with Gasteiger partial charge in [-0.15, -0.1) is 0 Å². The zero-order chi connectivity index (χ0) is 20.5. The van der Waals surface area contributed by atoms with Crippen LogP contribution in [0.25, 0.3) is 0 Å². The molecule has 1 aliphatic carbocycles. The Morgan fingerprint density at radius 1 is 1.00 bits per heavy atom. The van der Waals surface area contributed by atoms with Gasteiger partial charge in [-0.3, -0.25) is 9.59 Å². The van der Waals surface area contributed by atoms with E-state index in [0.717, 1.165) is 18.4 Å². The fourth-order valence-electron chi connectivity index (χ4n) is 4.23. The predicted octanol–water partition coefficient (Wildman–Crippen LogP) is 2.03. The highest BCUT2D eigenvalue weighted by atomic mass is 32.2. The number of aliphatic carboxylic acids is 1. The Morgan fingerprint density at radius 3 is 2.21 bits per heavy atom. The lowest BCUT2D eigenvalue weighted by atomic mass is 9.78. The van der Waals surface area contributed by atoms with Crippen molar-refractivity contribution in [3.8, 4) is 0 Å². The normalized spacial score (nSPS) is 24.1. The Kier molecular flexibility index (Phi) is 6.09. The molecule has 1 saturated heterocycles. The van der Waals surface area contributed by atoms with E-state index in [-0.39, 0.29) is 19.0 Å². The van der Waals surface area contributed by atoms with Crippen molar-refractivity contribution in [3.05, 3.63) is 29.3 Å². The molecule has 0 bridgehead atoms. The molecule has 2 atom stereocenters. The summed E-state index contributed by atoms with van der Waals surface area (Å²) >= 11 is 0. The van der Waals surface area contributed by atoms with Gasteiger partial charge < -0.3 is 10.0 Å². The third-order valence-electron chi connectivity index (χ3n) is 5.91. The van der Waals surface area contributed by atoms with Crippen molar-refractivity contribution in [1.29, 1.82) is 0 Å². The molecular weight excluding hydrogens is 380 g/mol. The average Bonchev–Trinajstić information content (AvgIpc) is 2.69. The number of sulfonamides is 1. The fraction of sp³-hybridized carbons (Fsp3) is 0.600. The standard InChI is InChI=1S/C20H28N2O5S/c1-14-7-8-15(2)18(13-14)28(26,27)22-11-9-21(10-12-22)19(23)16-5-3-4-6-17(16)20(24)25/h7-8,13,16-17H,3-6,9-12H2,1-2H3,(H,24,25)/t16-,17+/m0/s1. The molecule has 0 radical (unpaired) electrons. The van der Waals surface area contributed by atoms with Crippen LogP contribution in [-0.2, 0) is 19.6 Å². The smallest absolute Gasteiger partial charge is 0.307 e. The van der Waals surface area contributed by atoms with Gasteiger partial charge in [0.05, 0.1) is 16.7 Å². The molecule has 7 nitrogen and oxygen atoms in total. The minimum absolute atomic E-state index is 0.143. The van der Waals surface area contributed by atoms with Gasteiger partial charge in [-0.05, 0) is 43.9 Å². The van der Waals surface area contributed by atoms with Crippen LogP contribution in [0.3, 0.4) is 0 Å². The second kappa shape index (κ2) is 8.21. The molecular formula is C20H28N2O5S. The molecule has 1 heterocycles. The van der Waals surface area contributed by atoms with Crippen molar-refractivity contribution in [2.45, 2.75) is 44.4 Å². The summed E-state index contributed by atoms with van der Waals surface area (Å²) in [5, 5.41) is 9.42. The first-order valence-corrected chi connectivity index (χ1v) is 11.2. The third kappa shape index (κ3) is 4.07. The van der Waals surface area contributed by atoms with E-state index in [1.165, 1.54) is 4.31 Å². The van der Waals surface area contributed by atoms with Crippen LogP contribution in [0.15, 0.2) is 23.1 Å². The van der Waals surface area contributed by atoms with E-state index in [1.807, 2.05) is 13.0 Å². The lowest BCUT2D eigenvalue weighted by Gasteiger charge is -2.38. The van der Waals surface area contributed by atoms with Crippen LogP contribution in [0, 0.1) is 25.7 Å². The minimum atomic E-state index is -3.61. The lowest BCUT2D eigenvalue weighted by Crippen LogP contribution is -2.53. The molecule has 1 amide bonds. The summed E-state index contributed by atoms with van der Waals surface area (Å²) in [5.74, 6) is -2.17. The van der Waals surface area contributed by atoms with Crippen molar-refractivity contribution >= 4 is 21.9 Å². The summed E-state index contributed by atoms with van der Waals surface area (Å²) in [4.78, 5) is 26.3. The van der Waals surface area contributed by atoms with Crippen molar-refractivity contribution in [2.24, 2.45) is 11.8 Å². The van der Waals surface area contributed by atoms with E-state index in [4.69, 9.17) is 0 Å². The number of carbonyl (C=O) groups excluding carboxylic acids is 1. The lowest BCUT2D eigenvalue weighted by molar-refractivity contribution is -0.152. The van der Waals surface area contributed by atoms with Crippen LogP contribution >= 0.6 is 0 Å². The molecule has 1 aliphatic heterocycles. The first-order valence-electron chi connectivity index (χ1n) is 9.81. The van der Waals surface area contributed by atoms with E-state index in [0.29, 0.717) is 36.4 Å². The van der Waals surface area contributed by atoms with Gasteiger partial charge in [0.1, 0.15) is 0 Å². The van der Waals surface area contributed by atoms with Gasteiger partial charge in [0.15, 0.2) is 0 Å². The van der Waals surface area contributed by atoms with Crippen molar-refractivity contribution in [1.82, 2.24) is 9.21 Å². The number of nitrogens with zero attached hydrogens (tertiary/aromatic N) is 2. The Labute approximate surface area is 166 Å². The molecule has 0 spiro atoms. The average molecular weight is 409 g/mol. The summed E-state index contributed by atoms with van der Waals surface area (Å²) in [7, 11) is -3.61.